The van der Waals surface area contributed by atoms with E-state index in [2.05, 4.69) is 27.3 Å². The highest BCUT2D eigenvalue weighted by molar-refractivity contribution is 5.34. The minimum Gasteiger partial charge on any atom is -0.370 e. The molecule has 0 bridgehead atoms. The van der Waals surface area contributed by atoms with Crippen molar-refractivity contribution in [2.45, 2.75) is 13.0 Å². The normalized spacial score (nSPS) is 18.5. The third-order valence-electron chi connectivity index (χ3n) is 2.81. The number of nitrogens with one attached hydrogen (secondary N) is 2. The van der Waals surface area contributed by atoms with E-state index in [0.29, 0.717) is 18.5 Å². The maximum atomic E-state index is 5.57. The summed E-state index contributed by atoms with van der Waals surface area (Å²) in [7, 11) is 0. The van der Waals surface area contributed by atoms with Crippen molar-refractivity contribution < 1.29 is 0 Å². The smallest absolute Gasteiger partial charge is 0.124 e. The Hall–Kier alpha value is -1.07. The number of nitrogens with two attached hydrogens (primary N) is 1. The van der Waals surface area contributed by atoms with Gasteiger partial charge in [-0.3, -0.25) is 0 Å². The van der Waals surface area contributed by atoms with E-state index < -0.39 is 0 Å². The number of aromatic nitrogens is 2. The summed E-state index contributed by atoms with van der Waals surface area (Å²) in [5.74, 6) is 1.59. The van der Waals surface area contributed by atoms with Crippen LogP contribution in [0.25, 0.3) is 0 Å². The Bertz CT molecular complexity index is 305. The standard InChI is InChI=1S/C10H19N5/c1-8(4-11)5-13-10-2-3-14-15(10)9-6-12-7-9/h2-3,8-9,12-13H,4-7,11H2,1H3. The predicted molar refractivity (Wildman–Crippen MR) is 60.8 cm³/mol. The van der Waals surface area contributed by atoms with Gasteiger partial charge < -0.3 is 16.4 Å². The zero-order valence-corrected chi connectivity index (χ0v) is 9.11. The Morgan fingerprint density at radius 2 is 2.53 bits per heavy atom. The summed E-state index contributed by atoms with van der Waals surface area (Å²) in [5, 5.41) is 11.0. The Morgan fingerprint density at radius 3 is 3.13 bits per heavy atom. The second kappa shape index (κ2) is 4.63. The van der Waals surface area contributed by atoms with Crippen LogP contribution in [0.4, 0.5) is 5.82 Å². The maximum absolute atomic E-state index is 5.57. The van der Waals surface area contributed by atoms with Crippen LogP contribution in [-0.4, -0.2) is 36.0 Å². The van der Waals surface area contributed by atoms with Gasteiger partial charge in [-0.25, -0.2) is 4.68 Å². The monoisotopic (exact) mass is 209 g/mol. The molecule has 0 amide bonds. The second-order valence-corrected chi connectivity index (χ2v) is 4.19. The number of anilines is 1. The zero-order chi connectivity index (χ0) is 10.7. The molecule has 1 aliphatic heterocycles. The Balaban J connectivity index is 1.92. The van der Waals surface area contributed by atoms with E-state index in [0.717, 1.165) is 25.5 Å². The molecule has 15 heavy (non-hydrogen) atoms. The quantitative estimate of drug-likeness (QED) is 0.640. The number of nitrogens with zero attached hydrogens (tertiary/aromatic N) is 2. The lowest BCUT2D eigenvalue weighted by Gasteiger charge is -2.29. The molecule has 5 nitrogen and oxygen atoms in total. The summed E-state index contributed by atoms with van der Waals surface area (Å²) in [6.45, 7) is 5.79. The average Bonchev–Trinajstić information content (AvgIpc) is 2.60. The lowest BCUT2D eigenvalue weighted by molar-refractivity contribution is 0.321. The highest BCUT2D eigenvalue weighted by Gasteiger charge is 2.21. The molecule has 1 aromatic heterocycles. The van der Waals surface area contributed by atoms with E-state index >= 15 is 0 Å². The summed E-state index contributed by atoms with van der Waals surface area (Å²) in [6, 6.07) is 2.53. The fourth-order valence-corrected chi connectivity index (χ4v) is 1.55. The van der Waals surface area contributed by atoms with Gasteiger partial charge in [0.15, 0.2) is 0 Å². The van der Waals surface area contributed by atoms with Gasteiger partial charge in [-0.05, 0) is 12.5 Å². The van der Waals surface area contributed by atoms with Crippen molar-refractivity contribution in [3.05, 3.63) is 12.3 Å². The first-order valence-electron chi connectivity index (χ1n) is 5.49. The molecule has 84 valence electrons. The van der Waals surface area contributed by atoms with Gasteiger partial charge in [0.25, 0.3) is 0 Å². The van der Waals surface area contributed by atoms with E-state index in [-0.39, 0.29) is 0 Å². The van der Waals surface area contributed by atoms with Gasteiger partial charge in [-0.15, -0.1) is 0 Å². The van der Waals surface area contributed by atoms with Crippen molar-refractivity contribution in [2.75, 3.05) is 31.5 Å². The molecule has 0 aliphatic carbocycles. The molecule has 1 unspecified atom stereocenters. The van der Waals surface area contributed by atoms with Crippen molar-refractivity contribution in [3.8, 4) is 0 Å². The molecule has 4 N–H and O–H groups in total. The number of rotatable bonds is 5. The summed E-state index contributed by atoms with van der Waals surface area (Å²) in [5.41, 5.74) is 5.57. The molecular formula is C10H19N5. The Labute approximate surface area is 90.0 Å². The van der Waals surface area contributed by atoms with Crippen LogP contribution in [0.3, 0.4) is 0 Å². The van der Waals surface area contributed by atoms with Crippen molar-refractivity contribution >= 4 is 5.82 Å². The molecule has 1 aromatic rings. The van der Waals surface area contributed by atoms with E-state index in [1.54, 1.807) is 0 Å². The first-order chi connectivity index (χ1) is 7.31. The van der Waals surface area contributed by atoms with Gasteiger partial charge in [0, 0.05) is 25.7 Å². The molecule has 2 rings (SSSR count). The van der Waals surface area contributed by atoms with Gasteiger partial charge in [0.2, 0.25) is 0 Å². The fourth-order valence-electron chi connectivity index (χ4n) is 1.55. The van der Waals surface area contributed by atoms with Crippen LogP contribution in [0.5, 0.6) is 0 Å². The minimum atomic E-state index is 0.493. The highest BCUT2D eigenvalue weighted by atomic mass is 15.4. The van der Waals surface area contributed by atoms with Crippen LogP contribution >= 0.6 is 0 Å². The number of hydrogen-bond acceptors (Lipinski definition) is 4. The topological polar surface area (TPSA) is 67.9 Å². The largest absolute Gasteiger partial charge is 0.370 e. The van der Waals surface area contributed by atoms with Crippen molar-refractivity contribution in [1.29, 1.82) is 0 Å². The summed E-state index contributed by atoms with van der Waals surface area (Å²) < 4.78 is 2.06. The van der Waals surface area contributed by atoms with Crippen LogP contribution in [0.1, 0.15) is 13.0 Å². The third kappa shape index (κ3) is 2.30. The van der Waals surface area contributed by atoms with E-state index in [1.165, 1.54) is 0 Å². The molecule has 0 saturated carbocycles. The van der Waals surface area contributed by atoms with Gasteiger partial charge in [-0.1, -0.05) is 6.92 Å². The molecule has 5 heteroatoms. The van der Waals surface area contributed by atoms with Crippen LogP contribution < -0.4 is 16.4 Å². The molecule has 1 saturated heterocycles. The molecule has 0 aromatic carbocycles. The lowest BCUT2D eigenvalue weighted by Crippen LogP contribution is -2.44. The average molecular weight is 209 g/mol. The molecular weight excluding hydrogens is 190 g/mol. The molecule has 1 aliphatic rings. The van der Waals surface area contributed by atoms with Crippen molar-refractivity contribution in [2.24, 2.45) is 11.7 Å². The first-order valence-corrected chi connectivity index (χ1v) is 5.49. The van der Waals surface area contributed by atoms with Crippen molar-refractivity contribution in [1.82, 2.24) is 15.1 Å². The van der Waals surface area contributed by atoms with Gasteiger partial charge in [0.1, 0.15) is 5.82 Å². The Kier molecular flexibility index (Phi) is 3.23. The van der Waals surface area contributed by atoms with Crippen LogP contribution in [0, 0.1) is 5.92 Å². The van der Waals surface area contributed by atoms with E-state index in [9.17, 15) is 0 Å². The first kappa shape index (κ1) is 10.4. The van der Waals surface area contributed by atoms with Crippen LogP contribution in [0.15, 0.2) is 12.3 Å². The van der Waals surface area contributed by atoms with Gasteiger partial charge in [0.05, 0.1) is 12.2 Å². The molecule has 1 fully saturated rings. The van der Waals surface area contributed by atoms with Crippen LogP contribution in [-0.2, 0) is 0 Å². The summed E-state index contributed by atoms with van der Waals surface area (Å²) in [6.07, 6.45) is 1.84. The molecule has 0 spiro atoms. The molecule has 0 radical (unpaired) electrons. The maximum Gasteiger partial charge on any atom is 0.124 e. The number of hydrogen-bond donors (Lipinski definition) is 3. The fraction of sp³-hybridized carbons (Fsp3) is 0.700. The van der Waals surface area contributed by atoms with Gasteiger partial charge >= 0.3 is 0 Å². The van der Waals surface area contributed by atoms with Crippen molar-refractivity contribution in [3.63, 3.8) is 0 Å². The zero-order valence-electron chi connectivity index (χ0n) is 9.11. The minimum absolute atomic E-state index is 0.493. The van der Waals surface area contributed by atoms with Crippen LogP contribution in [0.2, 0.25) is 0 Å². The summed E-state index contributed by atoms with van der Waals surface area (Å²) in [4.78, 5) is 0. The van der Waals surface area contributed by atoms with E-state index in [1.807, 2.05) is 12.3 Å². The summed E-state index contributed by atoms with van der Waals surface area (Å²) >= 11 is 0. The lowest BCUT2D eigenvalue weighted by atomic mass is 10.2. The molecule has 1 atom stereocenters. The SMILES string of the molecule is CC(CN)CNc1ccnn1C1CNC1. The third-order valence-corrected chi connectivity index (χ3v) is 2.81. The van der Waals surface area contributed by atoms with Gasteiger partial charge in [-0.2, -0.15) is 5.10 Å². The predicted octanol–water partition coefficient (Wildman–Crippen LogP) is 0.0341. The second-order valence-electron chi connectivity index (χ2n) is 4.19. The van der Waals surface area contributed by atoms with E-state index in [4.69, 9.17) is 5.73 Å². The highest BCUT2D eigenvalue weighted by Crippen LogP contribution is 2.17. The Morgan fingerprint density at radius 1 is 1.73 bits per heavy atom. The molecule has 2 heterocycles.